The van der Waals surface area contributed by atoms with E-state index in [4.69, 9.17) is 9.53 Å². The zero-order valence-corrected chi connectivity index (χ0v) is 25.3. The molecule has 1 saturated heterocycles. The number of benzene rings is 2. The number of carbonyl (C=O) groups is 1. The Balaban J connectivity index is 1.72. The third-order valence-electron chi connectivity index (χ3n) is 8.55. The zero-order valence-electron chi connectivity index (χ0n) is 23.4. The van der Waals surface area contributed by atoms with E-state index in [-0.39, 0.29) is 33.0 Å². The van der Waals surface area contributed by atoms with Crippen LogP contribution in [0.2, 0.25) is 10.1 Å². The number of hydrogen-bond donors (Lipinski definition) is 0. The van der Waals surface area contributed by atoms with Crippen LogP contribution in [-0.2, 0) is 9.22 Å². The van der Waals surface area contributed by atoms with E-state index in [9.17, 15) is 4.79 Å². The van der Waals surface area contributed by atoms with Gasteiger partial charge in [-0.15, -0.1) is 0 Å². The Morgan fingerprint density at radius 2 is 1.61 bits per heavy atom. The minimum absolute atomic E-state index is 0.00388. The largest absolute Gasteiger partial charge is 0.540 e. The molecule has 0 saturated carbocycles. The number of fused-ring (bicyclic) bond motifs is 3. The summed E-state index contributed by atoms with van der Waals surface area (Å²) in [6, 6.07) is 21.4. The molecule has 2 aromatic carbocycles. The molecule has 0 N–H and O–H groups in total. The van der Waals surface area contributed by atoms with Crippen LogP contribution in [0.25, 0.3) is 0 Å². The molecule has 1 spiro atoms. The van der Waals surface area contributed by atoms with Crippen LogP contribution in [0.1, 0.15) is 54.0 Å². The third kappa shape index (κ3) is 3.18. The summed E-state index contributed by atoms with van der Waals surface area (Å²) >= 11 is 0. The zero-order chi connectivity index (χ0) is 27.1. The molecule has 3 aliphatic heterocycles. The molecule has 3 heterocycles. The van der Waals surface area contributed by atoms with Crippen molar-refractivity contribution in [3.63, 3.8) is 0 Å². The van der Waals surface area contributed by atoms with Gasteiger partial charge in [-0.3, -0.25) is 4.79 Å². The van der Waals surface area contributed by atoms with Crippen molar-refractivity contribution in [1.82, 2.24) is 4.78 Å². The van der Waals surface area contributed by atoms with E-state index in [2.05, 4.69) is 120 Å². The van der Waals surface area contributed by atoms with Crippen molar-refractivity contribution in [3.8, 4) is 0 Å². The molecule has 0 bridgehead atoms. The van der Waals surface area contributed by atoms with Crippen LogP contribution in [-0.4, -0.2) is 30.4 Å². The minimum atomic E-state index is -2.85. The first kappa shape index (κ1) is 25.5. The summed E-state index contributed by atoms with van der Waals surface area (Å²) in [5.41, 5.74) is 2.04. The van der Waals surface area contributed by atoms with Crippen molar-refractivity contribution in [1.29, 1.82) is 0 Å². The Kier molecular flexibility index (Phi) is 5.62. The van der Waals surface area contributed by atoms with Gasteiger partial charge in [-0.2, -0.15) is 5.10 Å². The van der Waals surface area contributed by atoms with Crippen molar-refractivity contribution in [3.05, 3.63) is 102 Å². The van der Waals surface area contributed by atoms with Crippen molar-refractivity contribution >= 4 is 33.2 Å². The SMILES string of the molecule is CC(=O)N1N=C(c2ccccc2)[C@H]2[C@H]3C=CC=C[C@@]34C(=C(C(C)(C)C)O[Si@]4(c3ccccc3)C(C)(C)C)P21. The van der Waals surface area contributed by atoms with Gasteiger partial charge >= 0.3 is 8.32 Å². The molecule has 196 valence electrons. The van der Waals surface area contributed by atoms with Crippen molar-refractivity contribution < 1.29 is 9.22 Å². The summed E-state index contributed by atoms with van der Waals surface area (Å²) in [5.74, 6) is 1.24. The Bertz CT molecular complexity index is 1420. The van der Waals surface area contributed by atoms with Gasteiger partial charge in [0.2, 0.25) is 5.91 Å². The van der Waals surface area contributed by atoms with Gasteiger partial charge in [-0.1, -0.05) is 127 Å². The highest BCUT2D eigenvalue weighted by Crippen LogP contribution is 2.85. The average molecular weight is 541 g/mol. The van der Waals surface area contributed by atoms with E-state index in [0.29, 0.717) is 0 Å². The van der Waals surface area contributed by atoms with E-state index < -0.39 is 16.4 Å². The molecular weight excluding hydrogens is 503 g/mol. The Morgan fingerprint density at radius 3 is 2.18 bits per heavy atom. The van der Waals surface area contributed by atoms with Gasteiger partial charge in [-0.05, 0) is 15.8 Å². The number of rotatable bonds is 2. The second-order valence-corrected chi connectivity index (χ2v) is 19.5. The molecule has 1 amide bonds. The summed E-state index contributed by atoms with van der Waals surface area (Å²) in [5, 5.41) is 7.30. The molecule has 4 nitrogen and oxygen atoms in total. The van der Waals surface area contributed by atoms with Crippen molar-refractivity contribution in [2.45, 2.75) is 64.2 Å². The van der Waals surface area contributed by atoms with Gasteiger partial charge in [-0.25, -0.2) is 4.78 Å². The van der Waals surface area contributed by atoms with Gasteiger partial charge in [0.25, 0.3) is 0 Å². The van der Waals surface area contributed by atoms with Crippen LogP contribution < -0.4 is 5.19 Å². The number of amides is 1. The van der Waals surface area contributed by atoms with Crippen molar-refractivity contribution in [2.24, 2.45) is 16.4 Å². The van der Waals surface area contributed by atoms with Gasteiger partial charge in [0.15, 0.2) is 0 Å². The minimum Gasteiger partial charge on any atom is -0.540 e. The fourth-order valence-corrected chi connectivity index (χ4v) is 17.8. The Labute approximate surface area is 229 Å². The van der Waals surface area contributed by atoms with Gasteiger partial charge in [0.05, 0.1) is 30.2 Å². The average Bonchev–Trinajstić information content (AvgIpc) is 3.48. The molecule has 0 aromatic heterocycles. The molecule has 5 atom stereocenters. The predicted octanol–water partition coefficient (Wildman–Crippen LogP) is 7.46. The van der Waals surface area contributed by atoms with Gasteiger partial charge < -0.3 is 4.43 Å². The monoisotopic (exact) mass is 540 g/mol. The summed E-state index contributed by atoms with van der Waals surface area (Å²) < 4.78 is 9.47. The van der Waals surface area contributed by atoms with E-state index in [1.165, 1.54) is 10.5 Å². The summed E-state index contributed by atoms with van der Waals surface area (Å²) in [6.07, 6.45) is 9.31. The highest BCUT2D eigenvalue weighted by Gasteiger charge is 2.79. The first-order chi connectivity index (χ1) is 17.9. The van der Waals surface area contributed by atoms with Crippen LogP contribution >= 0.6 is 8.07 Å². The second-order valence-electron chi connectivity index (χ2n) is 12.9. The van der Waals surface area contributed by atoms with Crippen LogP contribution in [0.4, 0.5) is 0 Å². The Morgan fingerprint density at radius 1 is 0.974 bits per heavy atom. The van der Waals surface area contributed by atoms with E-state index in [0.717, 1.165) is 17.0 Å². The maximum absolute atomic E-state index is 13.3. The topological polar surface area (TPSA) is 41.9 Å². The normalized spacial score (nSPS) is 31.6. The molecular formula is C32H37N2O2PSi. The molecule has 0 radical (unpaired) electrons. The lowest BCUT2D eigenvalue weighted by molar-refractivity contribution is -0.124. The quantitative estimate of drug-likeness (QED) is 0.293. The van der Waals surface area contributed by atoms with Crippen LogP contribution in [0.15, 0.2) is 101 Å². The smallest absolute Gasteiger partial charge is 0.302 e. The first-order valence-corrected chi connectivity index (χ1v) is 16.8. The number of nitrogens with zero attached hydrogens (tertiary/aromatic N) is 2. The number of hydrazone groups is 1. The summed E-state index contributed by atoms with van der Waals surface area (Å²) in [7, 11) is -3.94. The third-order valence-corrected chi connectivity index (χ3v) is 17.3. The standard InChI is InChI=1S/C32H37N2O2PSi/c1-22(35)34-33-26(23-16-10-8-11-17-23)27-25-20-14-15-21-32(25)29(37(27)34)28(30(2,3)4)36-38(32,31(5,6)7)24-18-12-9-13-19-24/h8-21,25,27H,1-7H3/t25-,27-,32+,37?,38-/m1/s1. The molecule has 4 aliphatic rings. The molecule has 2 aromatic rings. The lowest BCUT2D eigenvalue weighted by Gasteiger charge is -2.51. The lowest BCUT2D eigenvalue weighted by Crippen LogP contribution is -2.65. The van der Waals surface area contributed by atoms with Crippen LogP contribution in [0.5, 0.6) is 0 Å². The van der Waals surface area contributed by atoms with Gasteiger partial charge in [0, 0.05) is 23.6 Å². The highest BCUT2D eigenvalue weighted by molar-refractivity contribution is 7.64. The van der Waals surface area contributed by atoms with Crippen LogP contribution in [0.3, 0.4) is 0 Å². The summed E-state index contributed by atoms with van der Waals surface area (Å²) in [6.45, 7) is 15.5. The highest BCUT2D eigenvalue weighted by atomic mass is 31.1. The second kappa shape index (κ2) is 8.37. The fourth-order valence-electron chi connectivity index (χ4n) is 7.28. The molecule has 1 unspecified atom stereocenters. The maximum atomic E-state index is 13.3. The lowest BCUT2D eigenvalue weighted by atomic mass is 9.80. The number of hydrogen-bond acceptors (Lipinski definition) is 3. The van der Waals surface area contributed by atoms with Crippen molar-refractivity contribution in [2.75, 3.05) is 0 Å². The fraction of sp³-hybridized carbons (Fsp3) is 0.375. The molecule has 1 aliphatic carbocycles. The van der Waals surface area contributed by atoms with E-state index in [1.807, 2.05) is 10.8 Å². The van der Waals surface area contributed by atoms with Gasteiger partial charge in [0.1, 0.15) is 0 Å². The number of allylic oxidation sites excluding steroid dienone is 6. The van der Waals surface area contributed by atoms with E-state index in [1.54, 1.807) is 6.92 Å². The summed E-state index contributed by atoms with van der Waals surface area (Å²) in [4.78, 5) is 13.3. The molecule has 1 fully saturated rings. The number of carbonyl (C=O) groups excluding carboxylic acids is 1. The van der Waals surface area contributed by atoms with E-state index >= 15 is 0 Å². The molecule has 6 heteroatoms. The predicted molar refractivity (Wildman–Crippen MR) is 160 cm³/mol. The molecule has 38 heavy (non-hydrogen) atoms. The first-order valence-electron chi connectivity index (χ1n) is 13.5. The van der Waals surface area contributed by atoms with Crippen LogP contribution in [0, 0.1) is 11.3 Å². The molecule has 6 rings (SSSR count). The maximum Gasteiger partial charge on any atom is 0.302 e. The Hall–Kier alpha value is -2.75.